The summed E-state index contributed by atoms with van der Waals surface area (Å²) >= 11 is 3.50. The number of halogens is 1. The van der Waals surface area contributed by atoms with Crippen LogP contribution in [0.1, 0.15) is 35.1 Å². The molecule has 0 atom stereocenters. The molecule has 3 rings (SSSR count). The lowest BCUT2D eigenvalue weighted by Gasteiger charge is -2.38. The predicted octanol–water partition coefficient (Wildman–Crippen LogP) is 4.47. The highest BCUT2D eigenvalue weighted by Gasteiger charge is 2.34. The Morgan fingerprint density at radius 3 is 2.50 bits per heavy atom. The fraction of sp³-hybridized carbons (Fsp3) is 0.409. The second kappa shape index (κ2) is 8.36. The molecule has 1 heterocycles. The zero-order valence-electron chi connectivity index (χ0n) is 15.5. The summed E-state index contributed by atoms with van der Waals surface area (Å²) in [5, 5.41) is 3.20. The quantitative estimate of drug-likeness (QED) is 0.781. The van der Waals surface area contributed by atoms with Gasteiger partial charge in [-0.1, -0.05) is 51.8 Å². The molecule has 2 aromatic rings. The number of carbonyl (C=O) groups is 1. The van der Waals surface area contributed by atoms with Crippen LogP contribution in [0, 0.1) is 13.8 Å². The Morgan fingerprint density at radius 2 is 1.81 bits per heavy atom. The van der Waals surface area contributed by atoms with E-state index in [9.17, 15) is 4.79 Å². The van der Waals surface area contributed by atoms with Crippen LogP contribution in [0.2, 0.25) is 0 Å². The Kier molecular flexibility index (Phi) is 6.15. The molecule has 0 radical (unpaired) electrons. The number of amides is 1. The summed E-state index contributed by atoms with van der Waals surface area (Å²) in [6.07, 6.45) is 2.29. The number of ether oxygens (including phenoxy) is 1. The fourth-order valence-corrected chi connectivity index (χ4v) is 3.89. The number of hydrogen-bond acceptors (Lipinski definition) is 2. The van der Waals surface area contributed by atoms with Crippen molar-refractivity contribution in [2.45, 2.75) is 38.5 Å². The monoisotopic (exact) mass is 415 g/mol. The summed E-state index contributed by atoms with van der Waals surface area (Å²) in [6.45, 7) is 6.25. The molecule has 138 valence electrons. The minimum Gasteiger partial charge on any atom is -0.381 e. The minimum atomic E-state index is -0.0454. The molecular formula is C22H26BrNO2. The molecule has 0 unspecified atom stereocenters. The summed E-state index contributed by atoms with van der Waals surface area (Å²) in [6, 6.07) is 14.7. The molecule has 0 aromatic heterocycles. The second-order valence-electron chi connectivity index (χ2n) is 7.28. The molecule has 26 heavy (non-hydrogen) atoms. The van der Waals surface area contributed by atoms with E-state index in [1.54, 1.807) is 0 Å². The van der Waals surface area contributed by atoms with Gasteiger partial charge in [0.2, 0.25) is 5.91 Å². The van der Waals surface area contributed by atoms with Gasteiger partial charge in [0.05, 0.1) is 6.42 Å². The van der Waals surface area contributed by atoms with E-state index in [4.69, 9.17) is 4.74 Å². The van der Waals surface area contributed by atoms with Crippen molar-refractivity contribution in [2.75, 3.05) is 19.8 Å². The predicted molar refractivity (Wildman–Crippen MR) is 109 cm³/mol. The lowest BCUT2D eigenvalue weighted by Crippen LogP contribution is -2.45. The molecule has 1 aliphatic rings. The molecule has 0 bridgehead atoms. The molecule has 1 aliphatic heterocycles. The van der Waals surface area contributed by atoms with Gasteiger partial charge < -0.3 is 10.1 Å². The van der Waals surface area contributed by atoms with Crippen LogP contribution in [-0.4, -0.2) is 25.7 Å². The maximum absolute atomic E-state index is 12.6. The van der Waals surface area contributed by atoms with Gasteiger partial charge in [0, 0.05) is 29.6 Å². The van der Waals surface area contributed by atoms with Crippen molar-refractivity contribution in [3.63, 3.8) is 0 Å². The molecule has 1 saturated heterocycles. The van der Waals surface area contributed by atoms with Crippen molar-refractivity contribution in [1.82, 2.24) is 5.32 Å². The molecule has 3 nitrogen and oxygen atoms in total. The number of carbonyl (C=O) groups excluding carboxylic acids is 1. The van der Waals surface area contributed by atoms with Crippen molar-refractivity contribution in [2.24, 2.45) is 0 Å². The SMILES string of the molecule is Cc1ccc(C)c(CC(=O)NCC2(c3ccc(Br)cc3)CCOCC2)c1. The third-order valence-corrected chi connectivity index (χ3v) is 5.91. The lowest BCUT2D eigenvalue weighted by molar-refractivity contribution is -0.121. The molecule has 0 aliphatic carbocycles. The smallest absolute Gasteiger partial charge is 0.224 e. The van der Waals surface area contributed by atoms with Crippen molar-refractivity contribution in [3.05, 3.63) is 69.2 Å². The van der Waals surface area contributed by atoms with Gasteiger partial charge in [-0.15, -0.1) is 0 Å². The number of aryl methyl sites for hydroxylation is 2. The Morgan fingerprint density at radius 1 is 1.12 bits per heavy atom. The first-order valence-corrected chi connectivity index (χ1v) is 9.94. The van der Waals surface area contributed by atoms with Crippen LogP contribution in [0.5, 0.6) is 0 Å². The molecule has 4 heteroatoms. The summed E-state index contributed by atoms with van der Waals surface area (Å²) in [5.41, 5.74) is 4.69. The van der Waals surface area contributed by atoms with E-state index in [0.717, 1.165) is 36.1 Å². The van der Waals surface area contributed by atoms with E-state index in [0.29, 0.717) is 13.0 Å². The Labute approximate surface area is 164 Å². The molecule has 1 amide bonds. The van der Waals surface area contributed by atoms with Crippen LogP contribution < -0.4 is 5.32 Å². The van der Waals surface area contributed by atoms with Gasteiger partial charge in [-0.3, -0.25) is 4.79 Å². The first-order chi connectivity index (χ1) is 12.5. The normalized spacial score (nSPS) is 16.3. The molecule has 0 saturated carbocycles. The molecule has 1 fully saturated rings. The van der Waals surface area contributed by atoms with Crippen LogP contribution in [0.25, 0.3) is 0 Å². The Bertz CT molecular complexity index is 764. The summed E-state index contributed by atoms with van der Waals surface area (Å²) in [7, 11) is 0. The van der Waals surface area contributed by atoms with Crippen LogP contribution in [-0.2, 0) is 21.4 Å². The van der Waals surface area contributed by atoms with Gasteiger partial charge in [-0.2, -0.15) is 0 Å². The van der Waals surface area contributed by atoms with Crippen molar-refractivity contribution in [1.29, 1.82) is 0 Å². The highest BCUT2D eigenvalue weighted by molar-refractivity contribution is 9.10. The van der Waals surface area contributed by atoms with Crippen molar-refractivity contribution >= 4 is 21.8 Å². The van der Waals surface area contributed by atoms with Gasteiger partial charge in [-0.25, -0.2) is 0 Å². The highest BCUT2D eigenvalue weighted by Crippen LogP contribution is 2.35. The first kappa shape index (κ1) is 19.1. The summed E-state index contributed by atoms with van der Waals surface area (Å²) in [4.78, 5) is 12.6. The number of hydrogen-bond donors (Lipinski definition) is 1. The zero-order valence-corrected chi connectivity index (χ0v) is 17.1. The van der Waals surface area contributed by atoms with Gasteiger partial charge in [0.15, 0.2) is 0 Å². The van der Waals surface area contributed by atoms with E-state index < -0.39 is 0 Å². The lowest BCUT2D eigenvalue weighted by atomic mass is 9.74. The Balaban J connectivity index is 1.70. The molecule has 1 N–H and O–H groups in total. The van der Waals surface area contributed by atoms with Gasteiger partial charge in [0.1, 0.15) is 0 Å². The number of rotatable bonds is 5. The molecule has 0 spiro atoms. The largest absolute Gasteiger partial charge is 0.381 e. The van der Waals surface area contributed by atoms with Crippen LogP contribution in [0.15, 0.2) is 46.9 Å². The van der Waals surface area contributed by atoms with E-state index in [1.807, 2.05) is 0 Å². The van der Waals surface area contributed by atoms with Crippen LogP contribution in [0.3, 0.4) is 0 Å². The zero-order chi connectivity index (χ0) is 18.6. The van der Waals surface area contributed by atoms with Gasteiger partial charge >= 0.3 is 0 Å². The van der Waals surface area contributed by atoms with Crippen molar-refractivity contribution < 1.29 is 9.53 Å². The first-order valence-electron chi connectivity index (χ1n) is 9.15. The number of nitrogens with one attached hydrogen (secondary N) is 1. The van der Waals surface area contributed by atoms with Crippen LogP contribution >= 0.6 is 15.9 Å². The summed E-state index contributed by atoms with van der Waals surface area (Å²) < 4.78 is 6.65. The maximum Gasteiger partial charge on any atom is 0.224 e. The molecular weight excluding hydrogens is 390 g/mol. The fourth-order valence-electron chi connectivity index (χ4n) is 3.63. The molecule has 2 aromatic carbocycles. The third kappa shape index (κ3) is 4.54. The number of benzene rings is 2. The highest BCUT2D eigenvalue weighted by atomic mass is 79.9. The maximum atomic E-state index is 12.6. The Hall–Kier alpha value is -1.65. The van der Waals surface area contributed by atoms with E-state index in [2.05, 4.69) is 77.6 Å². The van der Waals surface area contributed by atoms with E-state index in [-0.39, 0.29) is 11.3 Å². The topological polar surface area (TPSA) is 38.3 Å². The average molecular weight is 416 g/mol. The summed E-state index contributed by atoms with van der Waals surface area (Å²) in [5.74, 6) is 0.0849. The van der Waals surface area contributed by atoms with E-state index in [1.165, 1.54) is 16.7 Å². The van der Waals surface area contributed by atoms with Crippen LogP contribution in [0.4, 0.5) is 0 Å². The second-order valence-corrected chi connectivity index (χ2v) is 8.20. The van der Waals surface area contributed by atoms with Gasteiger partial charge in [-0.05, 0) is 55.5 Å². The van der Waals surface area contributed by atoms with Crippen molar-refractivity contribution in [3.8, 4) is 0 Å². The third-order valence-electron chi connectivity index (χ3n) is 5.39. The average Bonchev–Trinajstić information content (AvgIpc) is 2.64. The standard InChI is InChI=1S/C22H26BrNO2/c1-16-3-4-17(2)18(13-16)14-21(25)24-15-22(9-11-26-12-10-22)19-5-7-20(23)8-6-19/h3-8,13H,9-12,14-15H2,1-2H3,(H,24,25). The van der Waals surface area contributed by atoms with E-state index >= 15 is 0 Å². The van der Waals surface area contributed by atoms with Gasteiger partial charge in [0.25, 0.3) is 0 Å². The minimum absolute atomic E-state index is 0.0454.